The number of piperidine rings is 1. The molecule has 1 saturated heterocycles. The van der Waals surface area contributed by atoms with Gasteiger partial charge in [-0.15, -0.1) is 5.10 Å². The molecule has 9 heteroatoms. The molecular formula is C23H21N5O4. The van der Waals surface area contributed by atoms with Gasteiger partial charge in [0.15, 0.2) is 0 Å². The lowest BCUT2D eigenvalue weighted by molar-refractivity contribution is -0.136. The number of hydrogen-bond donors (Lipinski definition) is 2. The van der Waals surface area contributed by atoms with Crippen molar-refractivity contribution in [2.24, 2.45) is 0 Å². The quantitative estimate of drug-likeness (QED) is 0.604. The molecule has 9 nitrogen and oxygen atoms in total. The SMILES string of the molecule is Cc1ccc(C(O)c2cn(-c3ccc4c(c3)CN(C3CCC(=O)NC3=O)C4=O)nn2)cc1. The number of benzene rings is 2. The van der Waals surface area contributed by atoms with Crippen molar-refractivity contribution in [1.82, 2.24) is 25.2 Å². The standard InChI is InChI=1S/C23H21N5O4/c1-13-2-4-14(5-3-13)21(30)18-12-28(26-25-18)16-6-7-17-15(10-16)11-27(23(17)32)19-8-9-20(29)24-22(19)31/h2-7,10,12,19,21,30H,8-9,11H2,1H3,(H,24,29,31). The Morgan fingerprint density at radius 1 is 1.12 bits per heavy atom. The summed E-state index contributed by atoms with van der Waals surface area (Å²) in [6.45, 7) is 2.26. The minimum absolute atomic E-state index is 0.215. The number of carbonyl (C=O) groups is 3. The van der Waals surface area contributed by atoms with Crippen LogP contribution in [0.25, 0.3) is 5.69 Å². The highest BCUT2D eigenvalue weighted by Crippen LogP contribution is 2.29. The zero-order chi connectivity index (χ0) is 22.4. The lowest BCUT2D eigenvalue weighted by Gasteiger charge is -2.29. The molecule has 2 aliphatic rings. The summed E-state index contributed by atoms with van der Waals surface area (Å²) in [5, 5.41) is 21.2. The first kappa shape index (κ1) is 20.1. The number of aromatic nitrogens is 3. The number of hydrogen-bond acceptors (Lipinski definition) is 6. The van der Waals surface area contributed by atoms with E-state index in [1.165, 1.54) is 4.90 Å². The highest BCUT2D eigenvalue weighted by atomic mass is 16.3. The molecule has 0 radical (unpaired) electrons. The van der Waals surface area contributed by atoms with E-state index in [0.717, 1.165) is 16.7 Å². The Hall–Kier alpha value is -3.85. The summed E-state index contributed by atoms with van der Waals surface area (Å²) >= 11 is 0. The molecule has 3 aromatic rings. The van der Waals surface area contributed by atoms with Crippen LogP contribution in [0.15, 0.2) is 48.7 Å². The van der Waals surface area contributed by atoms with Crippen LogP contribution in [0.2, 0.25) is 0 Å². The second-order valence-corrected chi connectivity index (χ2v) is 8.14. The third kappa shape index (κ3) is 3.46. The van der Waals surface area contributed by atoms with Gasteiger partial charge >= 0.3 is 0 Å². The Balaban J connectivity index is 1.37. The number of aliphatic hydroxyl groups is 1. The lowest BCUT2D eigenvalue weighted by atomic mass is 10.0. The number of aryl methyl sites for hydroxylation is 1. The molecule has 32 heavy (non-hydrogen) atoms. The van der Waals surface area contributed by atoms with Gasteiger partial charge in [-0.05, 0) is 42.7 Å². The average Bonchev–Trinajstić information content (AvgIpc) is 3.39. The number of fused-ring (bicyclic) bond motifs is 1. The van der Waals surface area contributed by atoms with Gasteiger partial charge in [-0.3, -0.25) is 19.7 Å². The molecule has 0 aliphatic carbocycles. The van der Waals surface area contributed by atoms with E-state index < -0.39 is 18.1 Å². The fourth-order valence-corrected chi connectivity index (χ4v) is 4.15. The zero-order valence-corrected chi connectivity index (χ0v) is 17.4. The van der Waals surface area contributed by atoms with Gasteiger partial charge in [0.25, 0.3) is 5.91 Å². The molecule has 162 valence electrons. The normalized spacial score (nSPS) is 19.1. The zero-order valence-electron chi connectivity index (χ0n) is 17.4. The molecular weight excluding hydrogens is 410 g/mol. The van der Waals surface area contributed by atoms with Crippen LogP contribution in [0, 0.1) is 6.92 Å². The maximum atomic E-state index is 12.8. The summed E-state index contributed by atoms with van der Waals surface area (Å²) in [6, 6.07) is 12.2. The highest BCUT2D eigenvalue weighted by Gasteiger charge is 2.39. The molecule has 1 fully saturated rings. The number of amides is 3. The summed E-state index contributed by atoms with van der Waals surface area (Å²) in [5.74, 6) is -0.976. The summed E-state index contributed by atoms with van der Waals surface area (Å²) < 4.78 is 1.55. The van der Waals surface area contributed by atoms with Crippen molar-refractivity contribution in [3.05, 3.63) is 76.6 Å². The number of nitrogens with zero attached hydrogens (tertiary/aromatic N) is 4. The first-order chi connectivity index (χ1) is 15.4. The van der Waals surface area contributed by atoms with Crippen LogP contribution in [-0.2, 0) is 16.1 Å². The summed E-state index contributed by atoms with van der Waals surface area (Å²) in [7, 11) is 0. The molecule has 5 rings (SSSR count). The molecule has 3 heterocycles. The van der Waals surface area contributed by atoms with Gasteiger partial charge in [0.2, 0.25) is 11.8 Å². The average molecular weight is 431 g/mol. The van der Waals surface area contributed by atoms with Crippen LogP contribution in [-0.4, -0.2) is 48.8 Å². The topological polar surface area (TPSA) is 117 Å². The van der Waals surface area contributed by atoms with Gasteiger partial charge in [-0.2, -0.15) is 0 Å². The molecule has 2 unspecified atom stereocenters. The van der Waals surface area contributed by atoms with Gasteiger partial charge in [0.1, 0.15) is 17.8 Å². The fraction of sp³-hybridized carbons (Fsp3) is 0.261. The summed E-state index contributed by atoms with van der Waals surface area (Å²) in [4.78, 5) is 38.0. The first-order valence-corrected chi connectivity index (χ1v) is 10.4. The number of carbonyl (C=O) groups excluding carboxylic acids is 3. The lowest BCUT2D eigenvalue weighted by Crippen LogP contribution is -2.52. The van der Waals surface area contributed by atoms with E-state index in [9.17, 15) is 19.5 Å². The Kier molecular flexibility index (Phi) is 4.82. The van der Waals surface area contributed by atoms with Crippen LogP contribution < -0.4 is 5.32 Å². The van der Waals surface area contributed by atoms with E-state index in [0.29, 0.717) is 23.4 Å². The van der Waals surface area contributed by atoms with Gasteiger partial charge < -0.3 is 10.0 Å². The van der Waals surface area contributed by atoms with Crippen molar-refractivity contribution in [3.8, 4) is 5.69 Å². The predicted octanol–water partition coefficient (Wildman–Crippen LogP) is 1.42. The molecule has 0 spiro atoms. The van der Waals surface area contributed by atoms with Crippen molar-refractivity contribution in [2.75, 3.05) is 0 Å². The molecule has 2 aliphatic heterocycles. The Morgan fingerprint density at radius 2 is 1.91 bits per heavy atom. The van der Waals surface area contributed by atoms with Gasteiger partial charge in [0, 0.05) is 18.5 Å². The summed E-state index contributed by atoms with van der Waals surface area (Å²) in [5.41, 5.74) is 4.23. The van der Waals surface area contributed by atoms with Crippen LogP contribution in [0.5, 0.6) is 0 Å². The number of rotatable bonds is 4. The molecule has 1 aromatic heterocycles. The number of imide groups is 1. The molecule has 2 atom stereocenters. The molecule has 2 aromatic carbocycles. The van der Waals surface area contributed by atoms with Crippen molar-refractivity contribution < 1.29 is 19.5 Å². The second-order valence-electron chi connectivity index (χ2n) is 8.14. The van der Waals surface area contributed by atoms with Crippen molar-refractivity contribution in [3.63, 3.8) is 0 Å². The van der Waals surface area contributed by atoms with Crippen LogP contribution in [0.4, 0.5) is 0 Å². The third-order valence-corrected chi connectivity index (χ3v) is 5.96. The molecule has 2 N–H and O–H groups in total. The van der Waals surface area contributed by atoms with Crippen LogP contribution in [0.1, 0.15) is 51.7 Å². The van der Waals surface area contributed by atoms with E-state index in [4.69, 9.17) is 0 Å². The third-order valence-electron chi connectivity index (χ3n) is 5.96. The van der Waals surface area contributed by atoms with E-state index in [-0.39, 0.29) is 24.8 Å². The molecule has 0 bridgehead atoms. The van der Waals surface area contributed by atoms with E-state index in [2.05, 4.69) is 15.6 Å². The first-order valence-electron chi connectivity index (χ1n) is 10.4. The number of nitrogens with one attached hydrogen (secondary N) is 1. The van der Waals surface area contributed by atoms with Crippen LogP contribution >= 0.6 is 0 Å². The fourth-order valence-electron chi connectivity index (χ4n) is 4.15. The highest BCUT2D eigenvalue weighted by molar-refractivity contribution is 6.05. The van der Waals surface area contributed by atoms with E-state index >= 15 is 0 Å². The van der Waals surface area contributed by atoms with Gasteiger partial charge in [-0.1, -0.05) is 35.0 Å². The predicted molar refractivity (Wildman–Crippen MR) is 113 cm³/mol. The second kappa shape index (κ2) is 7.69. The summed E-state index contributed by atoms with van der Waals surface area (Å²) in [6.07, 6.45) is 1.29. The van der Waals surface area contributed by atoms with Crippen molar-refractivity contribution in [2.45, 2.75) is 38.5 Å². The minimum Gasteiger partial charge on any atom is -0.382 e. The van der Waals surface area contributed by atoms with Crippen molar-refractivity contribution >= 4 is 17.7 Å². The Bertz CT molecular complexity index is 1230. The largest absolute Gasteiger partial charge is 0.382 e. The van der Waals surface area contributed by atoms with Gasteiger partial charge in [0.05, 0.1) is 11.9 Å². The maximum absolute atomic E-state index is 12.8. The Morgan fingerprint density at radius 3 is 2.66 bits per heavy atom. The minimum atomic E-state index is -0.900. The van der Waals surface area contributed by atoms with E-state index in [1.807, 2.05) is 37.3 Å². The monoisotopic (exact) mass is 431 g/mol. The smallest absolute Gasteiger partial charge is 0.255 e. The van der Waals surface area contributed by atoms with Crippen molar-refractivity contribution in [1.29, 1.82) is 0 Å². The van der Waals surface area contributed by atoms with Gasteiger partial charge in [-0.25, -0.2) is 4.68 Å². The number of aliphatic hydroxyl groups excluding tert-OH is 1. The molecule has 0 saturated carbocycles. The maximum Gasteiger partial charge on any atom is 0.255 e. The van der Waals surface area contributed by atoms with Crippen LogP contribution in [0.3, 0.4) is 0 Å². The molecule has 3 amide bonds. The Labute approximate surface area is 183 Å². The van der Waals surface area contributed by atoms with E-state index in [1.54, 1.807) is 23.0 Å².